The van der Waals surface area contributed by atoms with Crippen molar-refractivity contribution in [2.45, 2.75) is 6.92 Å². The van der Waals surface area contributed by atoms with Crippen molar-refractivity contribution in [2.75, 3.05) is 11.7 Å². The largest absolute Gasteiger partial charge is 0.454 e. The van der Waals surface area contributed by atoms with Crippen LogP contribution in [0.2, 0.25) is 5.02 Å². The van der Waals surface area contributed by atoms with Gasteiger partial charge in [0, 0.05) is 10.1 Å². The molecule has 1 amide bonds. The van der Waals surface area contributed by atoms with Gasteiger partial charge in [-0.2, -0.15) is 0 Å². The first-order valence-electron chi connectivity index (χ1n) is 10.4. The first-order valence-corrected chi connectivity index (χ1v) is 11.6. The number of carbonyl (C=O) groups excluding carboxylic acids is 1. The Hall–Kier alpha value is -3.61. The van der Waals surface area contributed by atoms with Crippen LogP contribution in [0.1, 0.15) is 16.0 Å². The van der Waals surface area contributed by atoms with Gasteiger partial charge in [0.25, 0.3) is 5.91 Å². The first-order chi connectivity index (χ1) is 16.1. The summed E-state index contributed by atoms with van der Waals surface area (Å²) in [7, 11) is 0. The topological polar surface area (TPSA) is 51.1 Å². The van der Waals surface area contributed by atoms with Crippen molar-refractivity contribution in [3.8, 4) is 11.5 Å². The summed E-state index contributed by atoms with van der Waals surface area (Å²) in [5, 5.41) is 1.55. The number of aryl methyl sites for hydroxylation is 1. The summed E-state index contributed by atoms with van der Waals surface area (Å²) in [4.78, 5) is 20.8. The third kappa shape index (κ3) is 3.39. The van der Waals surface area contributed by atoms with Gasteiger partial charge in [-0.15, -0.1) is 11.3 Å². The summed E-state index contributed by atoms with van der Waals surface area (Å²) in [6, 6.07) is 21.3. The molecule has 1 aromatic heterocycles. The summed E-state index contributed by atoms with van der Waals surface area (Å²) >= 11 is 8.31. The SMILES string of the molecule is Cc1ccc(N2C(=O)/C(=C\c3ccc4c(c3)OCO4)N=C2c2sc3ccccc3c2Cl)cc1. The lowest BCUT2D eigenvalue weighted by atomic mass is 10.1. The lowest BCUT2D eigenvalue weighted by Crippen LogP contribution is -2.32. The van der Waals surface area contributed by atoms with Crippen molar-refractivity contribution in [1.29, 1.82) is 0 Å². The number of nitrogens with zero attached hydrogens (tertiary/aromatic N) is 2. The molecule has 7 heteroatoms. The third-order valence-corrected chi connectivity index (χ3v) is 7.26. The lowest BCUT2D eigenvalue weighted by molar-refractivity contribution is -0.113. The van der Waals surface area contributed by atoms with Crippen LogP contribution in [0.25, 0.3) is 16.2 Å². The van der Waals surface area contributed by atoms with Gasteiger partial charge in [0.15, 0.2) is 17.3 Å². The van der Waals surface area contributed by atoms with Crippen molar-refractivity contribution in [3.05, 3.63) is 93.5 Å². The van der Waals surface area contributed by atoms with E-state index in [1.807, 2.05) is 73.7 Å². The van der Waals surface area contributed by atoms with Crippen molar-refractivity contribution in [3.63, 3.8) is 0 Å². The number of amides is 1. The molecule has 0 N–H and O–H groups in total. The van der Waals surface area contributed by atoms with E-state index in [4.69, 9.17) is 26.1 Å². The molecular formula is C26H17ClN2O3S. The normalized spacial score (nSPS) is 16.2. The average molecular weight is 473 g/mol. The fraction of sp³-hybridized carbons (Fsp3) is 0.0769. The van der Waals surface area contributed by atoms with Gasteiger partial charge in [-0.25, -0.2) is 4.99 Å². The fourth-order valence-electron chi connectivity index (χ4n) is 3.92. The molecule has 4 aromatic rings. The zero-order valence-corrected chi connectivity index (χ0v) is 19.1. The predicted molar refractivity (Wildman–Crippen MR) is 133 cm³/mol. The molecule has 5 nitrogen and oxygen atoms in total. The fourth-order valence-corrected chi connectivity index (χ4v) is 5.42. The molecule has 0 radical (unpaired) electrons. The van der Waals surface area contributed by atoms with E-state index in [0.29, 0.717) is 28.1 Å². The van der Waals surface area contributed by atoms with Crippen molar-refractivity contribution >= 4 is 56.5 Å². The number of fused-ring (bicyclic) bond motifs is 2. The number of aliphatic imine (C=N–C) groups is 1. The molecule has 0 spiro atoms. The predicted octanol–water partition coefficient (Wildman–Crippen LogP) is 6.43. The number of carbonyl (C=O) groups is 1. The highest BCUT2D eigenvalue weighted by Gasteiger charge is 2.35. The number of rotatable bonds is 3. The zero-order valence-electron chi connectivity index (χ0n) is 17.5. The van der Waals surface area contributed by atoms with Gasteiger partial charge in [0.05, 0.1) is 15.6 Å². The molecule has 2 aliphatic heterocycles. The van der Waals surface area contributed by atoms with Gasteiger partial charge in [0.1, 0.15) is 5.70 Å². The highest BCUT2D eigenvalue weighted by molar-refractivity contribution is 7.21. The molecule has 0 saturated heterocycles. The second kappa shape index (κ2) is 7.76. The van der Waals surface area contributed by atoms with Crippen LogP contribution in [0.3, 0.4) is 0 Å². The standard InChI is InChI=1S/C26H17ClN2O3S/c1-15-6-9-17(10-7-15)29-25(24-23(27)18-4-2-3-5-22(18)33-24)28-19(26(29)30)12-16-8-11-20-21(13-16)32-14-31-20/h2-13H,14H2,1H3/b19-12+. The second-order valence-corrected chi connectivity index (χ2v) is 9.23. The molecule has 0 unspecified atom stereocenters. The molecule has 0 aliphatic carbocycles. The van der Waals surface area contributed by atoms with Crippen LogP contribution in [0, 0.1) is 6.92 Å². The van der Waals surface area contributed by atoms with Crippen LogP contribution in [-0.2, 0) is 4.79 Å². The molecule has 0 fully saturated rings. The van der Waals surface area contributed by atoms with Crippen LogP contribution in [0.5, 0.6) is 11.5 Å². The number of hydrogen-bond acceptors (Lipinski definition) is 5. The van der Waals surface area contributed by atoms with Crippen LogP contribution in [0.4, 0.5) is 5.69 Å². The number of halogens is 1. The van der Waals surface area contributed by atoms with E-state index in [1.54, 1.807) is 11.0 Å². The number of benzene rings is 3. The lowest BCUT2D eigenvalue weighted by Gasteiger charge is -2.18. The van der Waals surface area contributed by atoms with Crippen LogP contribution >= 0.6 is 22.9 Å². The quantitative estimate of drug-likeness (QED) is 0.323. The Labute approximate surface area is 199 Å². The Morgan fingerprint density at radius 2 is 1.82 bits per heavy atom. The number of hydrogen-bond donors (Lipinski definition) is 0. The maximum Gasteiger partial charge on any atom is 0.282 e. The summed E-state index contributed by atoms with van der Waals surface area (Å²) < 4.78 is 11.9. The highest BCUT2D eigenvalue weighted by atomic mass is 35.5. The first kappa shape index (κ1) is 20.0. The van der Waals surface area contributed by atoms with E-state index in [1.165, 1.54) is 11.3 Å². The number of ether oxygens (including phenoxy) is 2. The molecular weight excluding hydrogens is 456 g/mol. The number of thiophene rings is 1. The third-order valence-electron chi connectivity index (χ3n) is 5.59. The zero-order chi connectivity index (χ0) is 22.5. The van der Waals surface area contributed by atoms with Crippen molar-refractivity contribution in [2.24, 2.45) is 4.99 Å². The Bertz CT molecular complexity index is 1490. The van der Waals surface area contributed by atoms with E-state index in [0.717, 1.165) is 31.8 Å². The molecule has 0 atom stereocenters. The van der Waals surface area contributed by atoms with Gasteiger partial charge < -0.3 is 9.47 Å². The molecule has 162 valence electrons. The van der Waals surface area contributed by atoms with Crippen LogP contribution in [0.15, 0.2) is 77.4 Å². The van der Waals surface area contributed by atoms with Gasteiger partial charge in [0.2, 0.25) is 6.79 Å². The minimum absolute atomic E-state index is 0.197. The summed E-state index contributed by atoms with van der Waals surface area (Å²) in [5.41, 5.74) is 2.99. The molecule has 2 aliphatic rings. The number of anilines is 1. The molecule has 0 saturated carbocycles. The van der Waals surface area contributed by atoms with Crippen LogP contribution < -0.4 is 14.4 Å². The van der Waals surface area contributed by atoms with E-state index in [2.05, 4.69) is 0 Å². The van der Waals surface area contributed by atoms with E-state index in [9.17, 15) is 4.79 Å². The second-order valence-electron chi connectivity index (χ2n) is 7.80. The summed E-state index contributed by atoms with van der Waals surface area (Å²) in [6.07, 6.45) is 1.76. The monoisotopic (exact) mass is 472 g/mol. The Balaban J connectivity index is 1.50. The Kier molecular flexibility index (Phi) is 4.71. The summed E-state index contributed by atoms with van der Waals surface area (Å²) in [5.74, 6) is 1.67. The van der Waals surface area contributed by atoms with Gasteiger partial charge >= 0.3 is 0 Å². The van der Waals surface area contributed by atoms with Crippen LogP contribution in [-0.4, -0.2) is 18.5 Å². The minimum Gasteiger partial charge on any atom is -0.454 e. The molecule has 3 heterocycles. The minimum atomic E-state index is -0.208. The van der Waals surface area contributed by atoms with E-state index >= 15 is 0 Å². The van der Waals surface area contributed by atoms with Gasteiger partial charge in [-0.1, -0.05) is 53.6 Å². The van der Waals surface area contributed by atoms with Gasteiger partial charge in [-0.05, 0) is 48.9 Å². The smallest absolute Gasteiger partial charge is 0.282 e. The van der Waals surface area contributed by atoms with E-state index < -0.39 is 0 Å². The van der Waals surface area contributed by atoms with Crippen molar-refractivity contribution < 1.29 is 14.3 Å². The Morgan fingerprint density at radius 1 is 1.03 bits per heavy atom. The highest BCUT2D eigenvalue weighted by Crippen LogP contribution is 2.40. The molecule has 6 rings (SSSR count). The maximum atomic E-state index is 13.6. The average Bonchev–Trinajstić information content (AvgIpc) is 3.51. The van der Waals surface area contributed by atoms with E-state index in [-0.39, 0.29) is 12.7 Å². The van der Waals surface area contributed by atoms with Gasteiger partial charge in [-0.3, -0.25) is 9.69 Å². The summed E-state index contributed by atoms with van der Waals surface area (Å²) in [6.45, 7) is 2.21. The Morgan fingerprint density at radius 3 is 2.64 bits per heavy atom. The molecule has 0 bridgehead atoms. The number of amidine groups is 1. The maximum absolute atomic E-state index is 13.6. The molecule has 3 aromatic carbocycles. The molecule has 33 heavy (non-hydrogen) atoms. The van der Waals surface area contributed by atoms with Crippen molar-refractivity contribution in [1.82, 2.24) is 0 Å².